The van der Waals surface area contributed by atoms with E-state index in [9.17, 15) is 4.79 Å². The predicted molar refractivity (Wildman–Crippen MR) is 73.8 cm³/mol. The van der Waals surface area contributed by atoms with E-state index < -0.39 is 0 Å². The monoisotopic (exact) mass is 246 g/mol. The van der Waals surface area contributed by atoms with Gasteiger partial charge in [-0.1, -0.05) is 25.1 Å². The zero-order valence-corrected chi connectivity index (χ0v) is 11.1. The Morgan fingerprint density at radius 2 is 2.11 bits per heavy atom. The minimum atomic E-state index is 0.201. The second-order valence-electron chi connectivity index (χ2n) is 4.80. The van der Waals surface area contributed by atoms with E-state index in [0.29, 0.717) is 0 Å². The van der Waals surface area contributed by atoms with Crippen molar-refractivity contribution in [3.05, 3.63) is 35.4 Å². The summed E-state index contributed by atoms with van der Waals surface area (Å²) in [6.07, 6.45) is 3.19. The van der Waals surface area contributed by atoms with Crippen LogP contribution in [0.4, 0.5) is 0 Å². The van der Waals surface area contributed by atoms with Gasteiger partial charge in [0, 0.05) is 18.7 Å². The quantitative estimate of drug-likeness (QED) is 0.779. The smallest absolute Gasteiger partial charge is 0.254 e. The van der Waals surface area contributed by atoms with Gasteiger partial charge in [-0.05, 0) is 44.0 Å². The first-order valence-corrected chi connectivity index (χ1v) is 6.91. The van der Waals surface area contributed by atoms with Crippen LogP contribution in [0.15, 0.2) is 24.3 Å². The highest BCUT2D eigenvalue weighted by molar-refractivity contribution is 5.96. The summed E-state index contributed by atoms with van der Waals surface area (Å²) < 4.78 is 0. The van der Waals surface area contributed by atoms with Crippen molar-refractivity contribution in [1.29, 1.82) is 0 Å². The highest BCUT2D eigenvalue weighted by atomic mass is 16.2. The molecule has 2 rings (SSSR count). The van der Waals surface area contributed by atoms with Crippen LogP contribution in [-0.4, -0.2) is 37.0 Å². The van der Waals surface area contributed by atoms with E-state index >= 15 is 0 Å². The molecule has 0 saturated heterocycles. The van der Waals surface area contributed by atoms with Gasteiger partial charge < -0.3 is 10.2 Å². The van der Waals surface area contributed by atoms with Crippen LogP contribution in [0.5, 0.6) is 0 Å². The third-order valence-corrected chi connectivity index (χ3v) is 3.39. The van der Waals surface area contributed by atoms with Crippen LogP contribution in [0, 0.1) is 0 Å². The Hall–Kier alpha value is -1.35. The molecule has 1 aliphatic rings. The van der Waals surface area contributed by atoms with Gasteiger partial charge in [0.05, 0.1) is 0 Å². The third kappa shape index (κ3) is 3.10. The number of benzene rings is 1. The first-order chi connectivity index (χ1) is 8.83. The molecule has 0 radical (unpaired) electrons. The van der Waals surface area contributed by atoms with Gasteiger partial charge >= 0.3 is 0 Å². The molecule has 0 atom stereocenters. The normalized spacial score (nSPS) is 14.7. The van der Waals surface area contributed by atoms with Crippen molar-refractivity contribution >= 4 is 5.91 Å². The molecular weight excluding hydrogens is 224 g/mol. The lowest BCUT2D eigenvalue weighted by atomic mass is 9.99. The molecule has 98 valence electrons. The average Bonchev–Trinajstić information content (AvgIpc) is 2.41. The summed E-state index contributed by atoms with van der Waals surface area (Å²) in [5.41, 5.74) is 2.09. The zero-order chi connectivity index (χ0) is 12.8. The van der Waals surface area contributed by atoms with Crippen molar-refractivity contribution in [3.8, 4) is 0 Å². The summed E-state index contributed by atoms with van der Waals surface area (Å²) in [6, 6.07) is 7.96. The Bertz CT molecular complexity index is 403. The molecule has 1 aliphatic heterocycles. The second kappa shape index (κ2) is 6.55. The molecule has 1 amide bonds. The van der Waals surface area contributed by atoms with E-state index in [2.05, 4.69) is 18.3 Å². The molecule has 3 nitrogen and oxygen atoms in total. The maximum absolute atomic E-state index is 12.2. The number of rotatable bonds is 6. The van der Waals surface area contributed by atoms with Crippen LogP contribution in [-0.2, 0) is 6.42 Å². The standard InChI is InChI=1S/C15H22N2O/c1-2-9-16-10-5-11-17-12-8-13-6-3-4-7-14(13)15(17)18/h3-4,6-7,16H,2,5,8-12H2,1H3. The lowest BCUT2D eigenvalue weighted by Crippen LogP contribution is -2.39. The van der Waals surface area contributed by atoms with Gasteiger partial charge in [-0.2, -0.15) is 0 Å². The van der Waals surface area contributed by atoms with Crippen LogP contribution in [0.3, 0.4) is 0 Å². The Balaban J connectivity index is 1.84. The SMILES string of the molecule is CCCNCCCN1CCc2ccccc2C1=O. The molecule has 0 aromatic heterocycles. The summed E-state index contributed by atoms with van der Waals surface area (Å²) in [4.78, 5) is 14.2. The van der Waals surface area contributed by atoms with Gasteiger partial charge in [-0.15, -0.1) is 0 Å². The molecule has 0 aliphatic carbocycles. The molecule has 0 unspecified atom stereocenters. The number of carbonyl (C=O) groups excluding carboxylic acids is 1. The molecule has 1 aromatic carbocycles. The summed E-state index contributed by atoms with van der Waals surface area (Å²) >= 11 is 0. The molecule has 0 saturated carbocycles. The van der Waals surface area contributed by atoms with Gasteiger partial charge in [0.25, 0.3) is 5.91 Å². The van der Waals surface area contributed by atoms with E-state index in [-0.39, 0.29) is 5.91 Å². The maximum atomic E-state index is 12.2. The first kappa shape index (κ1) is 13.1. The summed E-state index contributed by atoms with van der Waals surface area (Å²) in [7, 11) is 0. The Labute approximate surface area is 109 Å². The molecule has 1 aromatic rings. The first-order valence-electron chi connectivity index (χ1n) is 6.91. The van der Waals surface area contributed by atoms with Gasteiger partial charge in [0.15, 0.2) is 0 Å². The van der Waals surface area contributed by atoms with E-state index in [1.54, 1.807) is 0 Å². The molecule has 1 heterocycles. The number of fused-ring (bicyclic) bond motifs is 1. The van der Waals surface area contributed by atoms with Crippen LogP contribution in [0.2, 0.25) is 0 Å². The van der Waals surface area contributed by atoms with E-state index in [1.165, 1.54) is 5.56 Å². The highest BCUT2D eigenvalue weighted by Crippen LogP contribution is 2.18. The Morgan fingerprint density at radius 1 is 1.28 bits per heavy atom. The Morgan fingerprint density at radius 3 is 2.94 bits per heavy atom. The van der Waals surface area contributed by atoms with E-state index in [4.69, 9.17) is 0 Å². The van der Waals surface area contributed by atoms with Crippen LogP contribution >= 0.6 is 0 Å². The zero-order valence-electron chi connectivity index (χ0n) is 11.1. The van der Waals surface area contributed by atoms with Crippen molar-refractivity contribution in [2.24, 2.45) is 0 Å². The number of hydrogen-bond donors (Lipinski definition) is 1. The second-order valence-corrected chi connectivity index (χ2v) is 4.80. The fourth-order valence-electron chi connectivity index (χ4n) is 2.38. The van der Waals surface area contributed by atoms with Gasteiger partial charge in [0.1, 0.15) is 0 Å². The number of nitrogens with zero attached hydrogens (tertiary/aromatic N) is 1. The van der Waals surface area contributed by atoms with Crippen molar-refractivity contribution in [2.75, 3.05) is 26.2 Å². The lowest BCUT2D eigenvalue weighted by Gasteiger charge is -2.28. The van der Waals surface area contributed by atoms with E-state index in [1.807, 2.05) is 23.1 Å². The van der Waals surface area contributed by atoms with Crippen LogP contribution < -0.4 is 5.32 Å². The average molecular weight is 246 g/mol. The fourth-order valence-corrected chi connectivity index (χ4v) is 2.38. The molecule has 0 fully saturated rings. The summed E-state index contributed by atoms with van der Waals surface area (Å²) in [5, 5.41) is 3.37. The molecule has 0 spiro atoms. The molecule has 0 bridgehead atoms. The molecule has 18 heavy (non-hydrogen) atoms. The minimum Gasteiger partial charge on any atom is -0.338 e. The van der Waals surface area contributed by atoms with Gasteiger partial charge in [-0.25, -0.2) is 0 Å². The van der Waals surface area contributed by atoms with Crippen molar-refractivity contribution in [2.45, 2.75) is 26.2 Å². The summed E-state index contributed by atoms with van der Waals surface area (Å²) in [6.45, 7) is 5.96. The van der Waals surface area contributed by atoms with Crippen molar-refractivity contribution < 1.29 is 4.79 Å². The molecular formula is C15H22N2O. The Kier molecular flexibility index (Phi) is 4.76. The van der Waals surface area contributed by atoms with Crippen LogP contribution in [0.25, 0.3) is 0 Å². The number of hydrogen-bond acceptors (Lipinski definition) is 2. The lowest BCUT2D eigenvalue weighted by molar-refractivity contribution is 0.0738. The minimum absolute atomic E-state index is 0.201. The van der Waals surface area contributed by atoms with Gasteiger partial charge in [-0.3, -0.25) is 4.79 Å². The van der Waals surface area contributed by atoms with Crippen LogP contribution in [0.1, 0.15) is 35.7 Å². The molecule has 3 heteroatoms. The highest BCUT2D eigenvalue weighted by Gasteiger charge is 2.22. The third-order valence-electron chi connectivity index (χ3n) is 3.39. The van der Waals surface area contributed by atoms with Gasteiger partial charge in [0.2, 0.25) is 0 Å². The van der Waals surface area contributed by atoms with E-state index in [0.717, 1.165) is 51.0 Å². The van der Waals surface area contributed by atoms with Crippen molar-refractivity contribution in [3.63, 3.8) is 0 Å². The largest absolute Gasteiger partial charge is 0.338 e. The number of amides is 1. The summed E-state index contributed by atoms with van der Waals surface area (Å²) in [5.74, 6) is 0.201. The fraction of sp³-hybridized carbons (Fsp3) is 0.533. The topological polar surface area (TPSA) is 32.3 Å². The predicted octanol–water partition coefficient (Wildman–Crippen LogP) is 2.07. The number of carbonyl (C=O) groups is 1. The number of nitrogens with one attached hydrogen (secondary N) is 1. The maximum Gasteiger partial charge on any atom is 0.254 e. The van der Waals surface area contributed by atoms with Crippen molar-refractivity contribution in [1.82, 2.24) is 10.2 Å². The molecule has 1 N–H and O–H groups in total.